The predicted molar refractivity (Wildman–Crippen MR) is 167 cm³/mol. The monoisotopic (exact) mass is 634 g/mol. The van der Waals surface area contributed by atoms with Crippen LogP contribution in [0.4, 0.5) is 0 Å². The van der Waals surface area contributed by atoms with E-state index in [1.165, 1.54) is 0 Å². The molecule has 0 aromatic carbocycles. The fourth-order valence-corrected chi connectivity index (χ4v) is 12.3. The van der Waals surface area contributed by atoms with Gasteiger partial charge in [-0.05, 0) is 97.2 Å². The van der Waals surface area contributed by atoms with Crippen LogP contribution in [-0.4, -0.2) is 85.6 Å². The highest BCUT2D eigenvalue weighted by atomic mass is 16.7. The number of hydrogen-bond acceptors (Lipinski definition) is 8. The van der Waals surface area contributed by atoms with Crippen LogP contribution in [0.25, 0.3) is 0 Å². The maximum Gasteiger partial charge on any atom is 0.310 e. The largest absolute Gasteiger partial charge is 0.481 e. The molecule has 5 fully saturated rings. The molecule has 6 rings (SSSR count). The first-order valence-corrected chi connectivity index (χ1v) is 17.3. The van der Waals surface area contributed by atoms with Crippen molar-refractivity contribution < 1.29 is 44.9 Å². The van der Waals surface area contributed by atoms with Gasteiger partial charge >= 0.3 is 5.97 Å². The van der Waals surface area contributed by atoms with E-state index >= 15 is 0 Å². The van der Waals surface area contributed by atoms with Crippen molar-refractivity contribution >= 4 is 5.97 Å². The lowest BCUT2D eigenvalue weighted by Gasteiger charge is -2.72. The minimum Gasteiger partial charge on any atom is -0.481 e. The van der Waals surface area contributed by atoms with Crippen molar-refractivity contribution in [3.8, 4) is 0 Å². The van der Waals surface area contributed by atoms with Crippen LogP contribution < -0.4 is 0 Å². The van der Waals surface area contributed by atoms with E-state index in [4.69, 9.17) is 9.47 Å². The summed E-state index contributed by atoms with van der Waals surface area (Å²) in [7, 11) is 0. The Hall–Kier alpha value is -1.07. The molecule has 1 saturated heterocycles. The molecule has 0 amide bonds. The zero-order valence-electron chi connectivity index (χ0n) is 28.5. The van der Waals surface area contributed by atoms with Crippen molar-refractivity contribution in [2.45, 2.75) is 156 Å². The summed E-state index contributed by atoms with van der Waals surface area (Å²) < 4.78 is 12.1. The molecule has 0 spiro atoms. The Morgan fingerprint density at radius 3 is 2.16 bits per heavy atom. The van der Waals surface area contributed by atoms with Crippen molar-refractivity contribution in [2.24, 2.45) is 50.2 Å². The summed E-state index contributed by atoms with van der Waals surface area (Å²) in [6, 6.07) is 0. The summed E-state index contributed by atoms with van der Waals surface area (Å²) in [6.07, 6.45) is -0.166. The Morgan fingerprint density at radius 2 is 1.51 bits per heavy atom. The number of carboxylic acid groups (broad SMARTS) is 1. The van der Waals surface area contributed by atoms with Gasteiger partial charge in [0.2, 0.25) is 0 Å². The van der Waals surface area contributed by atoms with E-state index in [-0.39, 0.29) is 33.5 Å². The normalized spacial score (nSPS) is 55.3. The van der Waals surface area contributed by atoms with E-state index in [1.54, 1.807) is 6.92 Å². The van der Waals surface area contributed by atoms with Gasteiger partial charge in [0.05, 0.1) is 29.8 Å². The highest BCUT2D eigenvalue weighted by Gasteiger charge is 2.71. The van der Waals surface area contributed by atoms with Crippen LogP contribution in [0.3, 0.4) is 0 Å². The van der Waals surface area contributed by atoms with E-state index in [2.05, 4.69) is 54.5 Å². The molecule has 256 valence electrons. The predicted octanol–water partition coefficient (Wildman–Crippen LogP) is 4.03. The lowest BCUT2D eigenvalue weighted by Crippen LogP contribution is -2.69. The molecule has 1 heterocycles. The van der Waals surface area contributed by atoms with Crippen LogP contribution >= 0.6 is 0 Å². The first-order valence-electron chi connectivity index (χ1n) is 17.3. The summed E-state index contributed by atoms with van der Waals surface area (Å²) in [4.78, 5) is 13.0. The molecule has 9 heteroatoms. The van der Waals surface area contributed by atoms with Crippen LogP contribution in [0.5, 0.6) is 0 Å². The number of ether oxygens (including phenoxy) is 2. The summed E-state index contributed by atoms with van der Waals surface area (Å²) in [5.74, 6) is -0.777. The van der Waals surface area contributed by atoms with Crippen molar-refractivity contribution in [1.82, 2.24) is 0 Å². The molecule has 4 saturated carbocycles. The summed E-state index contributed by atoms with van der Waals surface area (Å²) >= 11 is 0. The van der Waals surface area contributed by atoms with Gasteiger partial charge in [0, 0.05) is 5.92 Å². The van der Waals surface area contributed by atoms with Gasteiger partial charge in [-0.2, -0.15) is 0 Å². The van der Waals surface area contributed by atoms with E-state index < -0.39 is 71.7 Å². The Balaban J connectivity index is 1.34. The maximum atomic E-state index is 13.0. The van der Waals surface area contributed by atoms with Crippen LogP contribution in [0.15, 0.2) is 11.6 Å². The molecule has 0 radical (unpaired) electrons. The minimum absolute atomic E-state index is 0.157. The number of carbonyl (C=O) groups is 1. The van der Waals surface area contributed by atoms with Gasteiger partial charge in [-0.3, -0.25) is 4.79 Å². The van der Waals surface area contributed by atoms with Crippen molar-refractivity contribution in [1.29, 1.82) is 0 Å². The highest BCUT2D eigenvalue weighted by Crippen LogP contribution is 2.76. The Kier molecular flexibility index (Phi) is 7.86. The smallest absolute Gasteiger partial charge is 0.310 e. The number of aliphatic hydroxyl groups is 5. The lowest BCUT2D eigenvalue weighted by molar-refractivity contribution is -0.336. The number of fused-ring (bicyclic) bond motifs is 7. The van der Waals surface area contributed by atoms with E-state index in [1.807, 2.05) is 0 Å². The Labute approximate surface area is 268 Å². The number of hydrogen-bond donors (Lipinski definition) is 6. The van der Waals surface area contributed by atoms with E-state index in [0.717, 1.165) is 31.3 Å². The van der Waals surface area contributed by atoms with E-state index in [0.29, 0.717) is 25.7 Å². The molecule has 0 bridgehead atoms. The van der Waals surface area contributed by atoms with Crippen LogP contribution in [0, 0.1) is 50.2 Å². The van der Waals surface area contributed by atoms with Gasteiger partial charge in [-0.15, -0.1) is 0 Å². The molecular formula is C36H58O9. The van der Waals surface area contributed by atoms with Gasteiger partial charge in [-0.25, -0.2) is 0 Å². The van der Waals surface area contributed by atoms with Gasteiger partial charge in [0.15, 0.2) is 6.29 Å². The summed E-state index contributed by atoms with van der Waals surface area (Å²) in [6.45, 7) is 17.1. The molecule has 9 nitrogen and oxygen atoms in total. The number of aliphatic hydroxyl groups excluding tert-OH is 5. The molecular weight excluding hydrogens is 576 g/mol. The molecule has 5 aliphatic carbocycles. The first-order chi connectivity index (χ1) is 20.7. The third-order valence-electron chi connectivity index (χ3n) is 15.3. The second-order valence-corrected chi connectivity index (χ2v) is 18.0. The van der Waals surface area contributed by atoms with Gasteiger partial charge in [0.1, 0.15) is 18.3 Å². The standard InChI is InChI=1S/C36H58O9/c1-18-24(38)25(39)26(40)29(44-18)45-28-20(37)17-33(6)21(32(28,4)5)11-12-35(8)22(33)10-9-19-23-27(41)31(2,3)13-15-36(23,30(42)43)16-14-34(19,35)7/h9,18,20-29,37-41H,10-17H2,1-8H3,(H,42,43). The molecule has 0 aromatic rings. The van der Waals surface area contributed by atoms with Gasteiger partial charge < -0.3 is 40.1 Å². The highest BCUT2D eigenvalue weighted by molar-refractivity contribution is 5.77. The lowest BCUT2D eigenvalue weighted by atomic mass is 9.33. The molecule has 45 heavy (non-hydrogen) atoms. The fourth-order valence-electron chi connectivity index (χ4n) is 12.3. The van der Waals surface area contributed by atoms with Crippen molar-refractivity contribution in [2.75, 3.05) is 0 Å². The number of rotatable bonds is 3. The number of aliphatic carboxylic acids is 1. The third-order valence-corrected chi connectivity index (χ3v) is 15.3. The number of carboxylic acids is 1. The maximum absolute atomic E-state index is 13.0. The molecule has 0 aromatic heterocycles. The summed E-state index contributed by atoms with van der Waals surface area (Å²) in [5.41, 5.74) is -1.34. The van der Waals surface area contributed by atoms with Gasteiger partial charge in [0.25, 0.3) is 0 Å². The van der Waals surface area contributed by atoms with Crippen molar-refractivity contribution in [3.63, 3.8) is 0 Å². The second kappa shape index (κ2) is 10.5. The topological polar surface area (TPSA) is 157 Å². The molecule has 6 aliphatic rings. The van der Waals surface area contributed by atoms with Gasteiger partial charge in [-0.1, -0.05) is 60.1 Å². The minimum atomic E-state index is -1.44. The molecule has 15 unspecified atom stereocenters. The van der Waals surface area contributed by atoms with Crippen molar-refractivity contribution in [3.05, 3.63) is 11.6 Å². The SMILES string of the molecule is CC1OC(OC2C(O)CC3(C)C(CCC4(C)C3CC=C3C5C(O)C(C)(C)CCC5(C(=O)O)CCC34C)C2(C)C)C(O)C(O)C1O. The average Bonchev–Trinajstić information content (AvgIpc) is 2.94. The third kappa shape index (κ3) is 4.39. The summed E-state index contributed by atoms with van der Waals surface area (Å²) in [5, 5.41) is 65.6. The average molecular weight is 635 g/mol. The Bertz CT molecular complexity index is 1230. The molecule has 15 atom stereocenters. The Morgan fingerprint density at radius 1 is 0.867 bits per heavy atom. The fraction of sp³-hybridized carbons (Fsp3) is 0.917. The van der Waals surface area contributed by atoms with E-state index in [9.17, 15) is 35.4 Å². The van der Waals surface area contributed by atoms with Crippen LogP contribution in [-0.2, 0) is 14.3 Å². The van der Waals surface area contributed by atoms with Crippen LogP contribution in [0.2, 0.25) is 0 Å². The zero-order valence-corrected chi connectivity index (χ0v) is 28.5. The molecule has 1 aliphatic heterocycles. The first kappa shape index (κ1) is 33.8. The quantitative estimate of drug-likeness (QED) is 0.199. The zero-order chi connectivity index (χ0) is 33.3. The number of allylic oxidation sites excluding steroid dienone is 1. The second-order valence-electron chi connectivity index (χ2n) is 18.0. The van der Waals surface area contributed by atoms with Crippen LogP contribution in [0.1, 0.15) is 107 Å². The molecule has 6 N–H and O–H groups in total.